The Balaban J connectivity index is 1.42. The van der Waals surface area contributed by atoms with Gasteiger partial charge in [0.2, 0.25) is 0 Å². The number of nitrogens with zero attached hydrogens (tertiary/aromatic N) is 5. The molecule has 3 aromatic carbocycles. The van der Waals surface area contributed by atoms with Gasteiger partial charge >= 0.3 is 18.0 Å². The van der Waals surface area contributed by atoms with E-state index in [1.54, 1.807) is 13.8 Å². The largest absolute Gasteiger partial charge is 0.462 e. The number of imide groups is 1. The lowest BCUT2D eigenvalue weighted by Gasteiger charge is -2.41. The van der Waals surface area contributed by atoms with Crippen LogP contribution in [0.15, 0.2) is 83.9 Å². The van der Waals surface area contributed by atoms with Gasteiger partial charge in [0.1, 0.15) is 17.0 Å². The summed E-state index contributed by atoms with van der Waals surface area (Å²) in [6.07, 6.45) is 0.690. The number of esters is 1. The molecule has 0 N–H and O–H groups in total. The van der Waals surface area contributed by atoms with Crippen molar-refractivity contribution in [2.24, 2.45) is 10.9 Å². The van der Waals surface area contributed by atoms with Crippen molar-refractivity contribution in [2.75, 3.05) is 20.1 Å². The van der Waals surface area contributed by atoms with Crippen LogP contribution < -0.4 is 0 Å². The number of benzene rings is 3. The molecule has 2 aliphatic heterocycles. The Hall–Kier alpha value is -4.61. The second kappa shape index (κ2) is 14.4. The first-order valence-corrected chi connectivity index (χ1v) is 16.0. The summed E-state index contributed by atoms with van der Waals surface area (Å²) in [6.45, 7) is 6.38. The number of hydrogen-bond acceptors (Lipinski definition) is 7. The van der Waals surface area contributed by atoms with Crippen LogP contribution in [-0.2, 0) is 9.53 Å². The van der Waals surface area contributed by atoms with Crippen molar-refractivity contribution in [3.8, 4) is 0 Å². The zero-order valence-electron chi connectivity index (χ0n) is 26.8. The number of carbonyl (C=O) groups is 3. The molecule has 246 valence electrons. The Morgan fingerprint density at radius 2 is 1.55 bits per heavy atom. The minimum absolute atomic E-state index is 0.0331. The molecular weight excluding hydrogens is 622 g/mol. The number of amides is 4. The summed E-state index contributed by atoms with van der Waals surface area (Å²) < 4.78 is 6.10. The summed E-state index contributed by atoms with van der Waals surface area (Å²) >= 11 is 6.55. The Labute approximate surface area is 278 Å². The number of likely N-dealkylation sites (tertiary alicyclic amines) is 1. The van der Waals surface area contributed by atoms with Crippen LogP contribution >= 0.6 is 11.6 Å². The average Bonchev–Trinajstić information content (AvgIpc) is 3.05. The van der Waals surface area contributed by atoms with Gasteiger partial charge < -0.3 is 9.64 Å². The van der Waals surface area contributed by atoms with Gasteiger partial charge in [0, 0.05) is 43.5 Å². The Bertz CT molecular complexity index is 1620. The molecule has 47 heavy (non-hydrogen) atoms. The fourth-order valence-electron chi connectivity index (χ4n) is 6.26. The van der Waals surface area contributed by atoms with Gasteiger partial charge in [0.15, 0.2) is 0 Å². The van der Waals surface area contributed by atoms with Gasteiger partial charge in [-0.1, -0.05) is 84.4 Å². The van der Waals surface area contributed by atoms with Crippen molar-refractivity contribution < 1.29 is 24.0 Å². The van der Waals surface area contributed by atoms with Crippen LogP contribution in [0.2, 0.25) is 5.02 Å². The lowest BCUT2D eigenvalue weighted by atomic mass is 9.86. The number of ether oxygens (including phenoxy) is 1. The van der Waals surface area contributed by atoms with E-state index >= 15 is 0 Å². The Kier molecular flexibility index (Phi) is 10.4. The third kappa shape index (κ3) is 7.06. The van der Waals surface area contributed by atoms with Crippen molar-refractivity contribution in [2.45, 2.75) is 57.8 Å². The van der Waals surface area contributed by atoms with E-state index in [9.17, 15) is 24.5 Å². The van der Waals surface area contributed by atoms with Crippen LogP contribution in [0.25, 0.3) is 0 Å². The smallest absolute Gasteiger partial charge is 0.352 e. The summed E-state index contributed by atoms with van der Waals surface area (Å²) in [4.78, 5) is 60.8. The van der Waals surface area contributed by atoms with Crippen LogP contribution in [0.1, 0.15) is 62.4 Å². The standard InChI is InChI=1S/C35H38ClN5O6/c1-22(2)38(4)35(44)40-32(27-16-11-17-28(30(27)36)41(45)46)29(23(3)37-34(40)43)33(42)47-26-18-20-39(21-19-26)31(24-12-7-5-8-13-24)25-14-9-6-10-15-25/h5-17,22,26,29,31-32H,18-21H2,1-4H3. The Morgan fingerprint density at radius 1 is 0.979 bits per heavy atom. The lowest BCUT2D eigenvalue weighted by Crippen LogP contribution is -2.54. The highest BCUT2D eigenvalue weighted by Crippen LogP contribution is 2.42. The predicted molar refractivity (Wildman–Crippen MR) is 178 cm³/mol. The molecule has 1 fully saturated rings. The maximum absolute atomic E-state index is 14.1. The molecule has 1 saturated heterocycles. The van der Waals surface area contributed by atoms with Crippen LogP contribution in [0.4, 0.5) is 15.3 Å². The summed E-state index contributed by atoms with van der Waals surface area (Å²) in [5.41, 5.74) is 2.14. The van der Waals surface area contributed by atoms with E-state index in [0.29, 0.717) is 25.9 Å². The first-order chi connectivity index (χ1) is 22.5. The van der Waals surface area contributed by atoms with Gasteiger partial charge in [-0.05, 0) is 44.7 Å². The molecule has 0 bridgehead atoms. The SMILES string of the molecule is CC1=NC(=O)N(C(=O)N(C)C(C)C)C(c2cccc([N+](=O)[O-])c2Cl)C1C(=O)OC1CCN(C(c2ccccc2)c2ccccc2)CC1. The number of nitro groups is 1. The molecule has 0 aromatic heterocycles. The van der Waals surface area contributed by atoms with E-state index in [0.717, 1.165) is 4.90 Å². The zero-order chi connectivity index (χ0) is 33.8. The van der Waals surface area contributed by atoms with Crippen molar-refractivity contribution >= 4 is 41.0 Å². The van der Waals surface area contributed by atoms with Gasteiger partial charge in [0.25, 0.3) is 5.69 Å². The number of halogens is 1. The number of urea groups is 2. The summed E-state index contributed by atoms with van der Waals surface area (Å²) in [7, 11) is 1.52. The first-order valence-electron chi connectivity index (χ1n) is 15.6. The summed E-state index contributed by atoms with van der Waals surface area (Å²) in [5.74, 6) is -1.91. The van der Waals surface area contributed by atoms with Crippen molar-refractivity contribution in [3.05, 3.63) is 111 Å². The second-order valence-electron chi connectivity index (χ2n) is 12.1. The molecule has 2 unspecified atom stereocenters. The highest BCUT2D eigenvalue weighted by Gasteiger charge is 2.49. The zero-order valence-corrected chi connectivity index (χ0v) is 27.5. The average molecular weight is 660 g/mol. The second-order valence-corrected chi connectivity index (χ2v) is 12.5. The first kappa shape index (κ1) is 33.7. The quantitative estimate of drug-likeness (QED) is 0.144. The number of aliphatic imine (C=N–C) groups is 1. The number of nitro benzene ring substituents is 1. The maximum Gasteiger partial charge on any atom is 0.352 e. The van der Waals surface area contributed by atoms with Crippen LogP contribution in [0.3, 0.4) is 0 Å². The number of carbonyl (C=O) groups excluding carboxylic acids is 3. The normalized spacial score (nSPS) is 19.1. The molecule has 12 heteroatoms. The van der Waals surface area contributed by atoms with Crippen molar-refractivity contribution in [3.63, 3.8) is 0 Å². The van der Waals surface area contributed by atoms with Crippen LogP contribution in [0, 0.1) is 16.0 Å². The maximum atomic E-state index is 14.1. The van der Waals surface area contributed by atoms with E-state index in [1.807, 2.05) is 36.4 Å². The molecule has 2 atom stereocenters. The third-order valence-electron chi connectivity index (χ3n) is 8.94. The molecule has 11 nitrogen and oxygen atoms in total. The molecule has 3 aromatic rings. The van der Waals surface area contributed by atoms with Gasteiger partial charge in [-0.25, -0.2) is 19.5 Å². The highest BCUT2D eigenvalue weighted by molar-refractivity contribution is 6.33. The molecular formula is C35H38ClN5O6. The van der Waals surface area contributed by atoms with Crippen molar-refractivity contribution in [1.82, 2.24) is 14.7 Å². The lowest BCUT2D eigenvalue weighted by molar-refractivity contribution is -0.384. The van der Waals surface area contributed by atoms with Crippen LogP contribution in [-0.4, -0.2) is 75.6 Å². The molecule has 0 aliphatic carbocycles. The number of rotatable bonds is 8. The van der Waals surface area contributed by atoms with E-state index in [2.05, 4.69) is 34.2 Å². The van der Waals surface area contributed by atoms with Gasteiger partial charge in [-0.15, -0.1) is 0 Å². The molecule has 4 amide bonds. The minimum Gasteiger partial charge on any atom is -0.462 e. The molecule has 2 aliphatic rings. The molecule has 0 spiro atoms. The Morgan fingerprint density at radius 3 is 2.09 bits per heavy atom. The minimum atomic E-state index is -1.31. The van der Waals surface area contributed by atoms with Gasteiger partial charge in [-0.3, -0.25) is 19.8 Å². The number of piperidine rings is 1. The third-order valence-corrected chi connectivity index (χ3v) is 9.35. The fourth-order valence-corrected chi connectivity index (χ4v) is 6.57. The topological polar surface area (TPSA) is 126 Å². The summed E-state index contributed by atoms with van der Waals surface area (Å²) in [6, 6.07) is 21.5. The van der Waals surface area contributed by atoms with Gasteiger partial charge in [0.05, 0.1) is 17.0 Å². The number of hydrogen-bond donors (Lipinski definition) is 0. The predicted octanol–water partition coefficient (Wildman–Crippen LogP) is 7.06. The van der Waals surface area contributed by atoms with E-state index in [-0.39, 0.29) is 28.4 Å². The van der Waals surface area contributed by atoms with Gasteiger partial charge in [-0.2, -0.15) is 0 Å². The molecule has 5 rings (SSSR count). The highest BCUT2D eigenvalue weighted by atomic mass is 35.5. The monoisotopic (exact) mass is 659 g/mol. The van der Waals surface area contributed by atoms with E-state index in [4.69, 9.17) is 16.3 Å². The molecule has 0 saturated carbocycles. The van der Waals surface area contributed by atoms with E-state index < -0.39 is 46.7 Å². The fraction of sp³-hybridized carbons (Fsp3) is 0.371. The summed E-state index contributed by atoms with van der Waals surface area (Å²) in [5, 5.41) is 11.5. The molecule has 0 radical (unpaired) electrons. The molecule has 2 heterocycles. The van der Waals surface area contributed by atoms with Crippen LogP contribution in [0.5, 0.6) is 0 Å². The van der Waals surface area contributed by atoms with Crippen molar-refractivity contribution in [1.29, 1.82) is 0 Å². The van der Waals surface area contributed by atoms with E-state index in [1.165, 1.54) is 48.2 Å².